The van der Waals surface area contributed by atoms with Crippen LogP contribution in [0.3, 0.4) is 0 Å². The Kier molecular flexibility index (Phi) is 5.23. The molecule has 1 atom stereocenters. The molecule has 0 aliphatic carbocycles. The van der Waals surface area contributed by atoms with Gasteiger partial charge in [0.25, 0.3) is 5.56 Å². The number of aromatic nitrogens is 2. The summed E-state index contributed by atoms with van der Waals surface area (Å²) in [6.07, 6.45) is 0. The molecule has 3 rings (SSSR count). The van der Waals surface area contributed by atoms with Crippen LogP contribution in [0.25, 0.3) is 5.65 Å². The third-order valence-corrected chi connectivity index (χ3v) is 4.39. The minimum atomic E-state index is -0.0464. The number of aryl methyl sites for hydroxylation is 1. The Labute approximate surface area is 152 Å². The molecule has 0 aliphatic heterocycles. The van der Waals surface area contributed by atoms with Gasteiger partial charge in [-0.1, -0.05) is 12.1 Å². The van der Waals surface area contributed by atoms with Gasteiger partial charge in [0.15, 0.2) is 11.5 Å². The van der Waals surface area contributed by atoms with E-state index in [9.17, 15) is 4.79 Å². The number of rotatable bonds is 6. The first-order chi connectivity index (χ1) is 12.5. The molecule has 136 valence electrons. The van der Waals surface area contributed by atoms with Crippen LogP contribution in [-0.4, -0.2) is 30.7 Å². The highest BCUT2D eigenvalue weighted by Gasteiger charge is 2.15. The molecule has 0 aliphatic rings. The SMILES string of the molecule is COc1cccc(C[NH+](C)Cc2cc(=O)n3c(C)cccc3n2)c1OC. The summed E-state index contributed by atoms with van der Waals surface area (Å²) < 4.78 is 12.5. The molecule has 0 fully saturated rings. The Bertz CT molecular complexity index is 982. The van der Waals surface area contributed by atoms with Crippen molar-refractivity contribution in [1.82, 2.24) is 9.38 Å². The number of nitrogens with zero attached hydrogens (tertiary/aromatic N) is 2. The van der Waals surface area contributed by atoms with Gasteiger partial charge in [-0.2, -0.15) is 0 Å². The molecule has 1 aromatic carbocycles. The summed E-state index contributed by atoms with van der Waals surface area (Å²) in [4.78, 5) is 18.3. The minimum Gasteiger partial charge on any atom is -0.493 e. The van der Waals surface area contributed by atoms with E-state index in [2.05, 4.69) is 12.0 Å². The van der Waals surface area contributed by atoms with Crippen LogP contribution in [0.15, 0.2) is 47.3 Å². The van der Waals surface area contributed by atoms with Crippen LogP contribution in [-0.2, 0) is 13.1 Å². The van der Waals surface area contributed by atoms with Crippen molar-refractivity contribution in [3.8, 4) is 11.5 Å². The molecule has 0 radical (unpaired) electrons. The quantitative estimate of drug-likeness (QED) is 0.724. The molecular weight excluding hydrogens is 330 g/mol. The van der Waals surface area contributed by atoms with Crippen LogP contribution in [0.4, 0.5) is 0 Å². The zero-order valence-corrected chi connectivity index (χ0v) is 15.6. The maximum atomic E-state index is 12.4. The Morgan fingerprint density at radius 1 is 1.08 bits per heavy atom. The van der Waals surface area contributed by atoms with Gasteiger partial charge in [-0.25, -0.2) is 4.98 Å². The van der Waals surface area contributed by atoms with E-state index in [1.54, 1.807) is 24.7 Å². The van der Waals surface area contributed by atoms with E-state index in [0.29, 0.717) is 12.2 Å². The van der Waals surface area contributed by atoms with Crippen LogP contribution >= 0.6 is 0 Å². The van der Waals surface area contributed by atoms with Crippen molar-refractivity contribution in [2.24, 2.45) is 0 Å². The maximum absolute atomic E-state index is 12.4. The Balaban J connectivity index is 1.84. The molecule has 2 heterocycles. The third-order valence-electron chi connectivity index (χ3n) is 4.39. The molecule has 1 N–H and O–H groups in total. The predicted octanol–water partition coefficient (Wildman–Crippen LogP) is 1.24. The molecule has 1 unspecified atom stereocenters. The molecule has 0 spiro atoms. The lowest BCUT2D eigenvalue weighted by atomic mass is 10.1. The lowest BCUT2D eigenvalue weighted by Crippen LogP contribution is -3.06. The smallest absolute Gasteiger partial charge is 0.258 e. The lowest BCUT2D eigenvalue weighted by molar-refractivity contribution is -0.908. The second-order valence-corrected chi connectivity index (χ2v) is 6.41. The van der Waals surface area contributed by atoms with Gasteiger partial charge in [0.1, 0.15) is 24.4 Å². The first kappa shape index (κ1) is 17.9. The standard InChI is InChI=1S/C20H23N3O3/c1-14-7-5-10-18-21-16(11-19(24)23(14)18)13-22(2)12-15-8-6-9-17(25-3)20(15)26-4/h5-11H,12-13H2,1-4H3/p+1. The van der Waals surface area contributed by atoms with Gasteiger partial charge in [0.2, 0.25) is 0 Å². The van der Waals surface area contributed by atoms with E-state index in [4.69, 9.17) is 9.47 Å². The third kappa shape index (κ3) is 3.55. The topological polar surface area (TPSA) is 57.3 Å². The fourth-order valence-corrected chi connectivity index (χ4v) is 3.24. The molecule has 0 saturated carbocycles. The van der Waals surface area contributed by atoms with Crippen molar-refractivity contribution in [2.75, 3.05) is 21.3 Å². The van der Waals surface area contributed by atoms with Gasteiger partial charge in [-0.15, -0.1) is 0 Å². The van der Waals surface area contributed by atoms with Gasteiger partial charge in [0, 0.05) is 11.8 Å². The van der Waals surface area contributed by atoms with E-state index >= 15 is 0 Å². The molecule has 0 saturated heterocycles. The number of quaternary nitrogens is 1. The highest BCUT2D eigenvalue weighted by atomic mass is 16.5. The number of benzene rings is 1. The Hall–Kier alpha value is -2.86. The van der Waals surface area contributed by atoms with Gasteiger partial charge < -0.3 is 14.4 Å². The number of nitrogens with one attached hydrogen (secondary N) is 1. The highest BCUT2D eigenvalue weighted by Crippen LogP contribution is 2.30. The van der Waals surface area contributed by atoms with Gasteiger partial charge >= 0.3 is 0 Å². The summed E-state index contributed by atoms with van der Waals surface area (Å²) in [6, 6.07) is 13.2. The van der Waals surface area contributed by atoms with Crippen LogP contribution in [0.5, 0.6) is 11.5 Å². The van der Waals surface area contributed by atoms with Crippen molar-refractivity contribution in [2.45, 2.75) is 20.0 Å². The van der Waals surface area contributed by atoms with Gasteiger partial charge in [0.05, 0.1) is 26.8 Å². The number of pyridine rings is 1. The van der Waals surface area contributed by atoms with Gasteiger partial charge in [-0.3, -0.25) is 9.20 Å². The molecule has 6 heteroatoms. The fraction of sp³-hybridized carbons (Fsp3) is 0.300. The van der Waals surface area contributed by atoms with Crippen LogP contribution in [0, 0.1) is 6.92 Å². The summed E-state index contributed by atoms with van der Waals surface area (Å²) in [7, 11) is 5.34. The monoisotopic (exact) mass is 354 g/mol. The highest BCUT2D eigenvalue weighted by molar-refractivity contribution is 5.46. The van der Waals surface area contributed by atoms with Crippen LogP contribution < -0.4 is 19.9 Å². The van der Waals surface area contributed by atoms with Crippen molar-refractivity contribution >= 4 is 5.65 Å². The van der Waals surface area contributed by atoms with Gasteiger partial charge in [-0.05, 0) is 31.2 Å². The molecule has 26 heavy (non-hydrogen) atoms. The first-order valence-corrected chi connectivity index (χ1v) is 8.53. The molecule has 6 nitrogen and oxygen atoms in total. The predicted molar refractivity (Wildman–Crippen MR) is 100 cm³/mol. The molecule has 0 amide bonds. The van der Waals surface area contributed by atoms with Crippen LogP contribution in [0.2, 0.25) is 0 Å². The molecular formula is C20H24N3O3+. The lowest BCUT2D eigenvalue weighted by Gasteiger charge is -2.17. The van der Waals surface area contributed by atoms with E-state index in [0.717, 1.165) is 35.0 Å². The van der Waals surface area contributed by atoms with Crippen LogP contribution in [0.1, 0.15) is 17.0 Å². The first-order valence-electron chi connectivity index (χ1n) is 8.53. The normalized spacial score (nSPS) is 12.2. The molecule has 3 aromatic rings. The van der Waals surface area contributed by atoms with Crippen molar-refractivity contribution in [3.05, 3.63) is 69.8 Å². The maximum Gasteiger partial charge on any atom is 0.258 e. The molecule has 2 aromatic heterocycles. The summed E-state index contributed by atoms with van der Waals surface area (Å²) in [6.45, 7) is 3.28. The largest absolute Gasteiger partial charge is 0.493 e. The van der Waals surface area contributed by atoms with E-state index in [1.165, 1.54) is 4.90 Å². The average Bonchev–Trinajstić information content (AvgIpc) is 2.61. The van der Waals surface area contributed by atoms with E-state index < -0.39 is 0 Å². The second kappa shape index (κ2) is 7.58. The second-order valence-electron chi connectivity index (χ2n) is 6.41. The zero-order chi connectivity index (χ0) is 18.7. The fourth-order valence-electron chi connectivity index (χ4n) is 3.24. The zero-order valence-electron chi connectivity index (χ0n) is 15.6. The van der Waals surface area contributed by atoms with E-state index in [-0.39, 0.29) is 5.56 Å². The van der Waals surface area contributed by atoms with E-state index in [1.807, 2.05) is 43.3 Å². The number of ether oxygens (including phenoxy) is 2. The van der Waals surface area contributed by atoms with Crippen molar-refractivity contribution in [1.29, 1.82) is 0 Å². The average molecular weight is 354 g/mol. The number of hydrogen-bond acceptors (Lipinski definition) is 4. The summed E-state index contributed by atoms with van der Waals surface area (Å²) >= 11 is 0. The number of methoxy groups -OCH3 is 2. The van der Waals surface area contributed by atoms with Crippen molar-refractivity contribution < 1.29 is 14.4 Å². The Morgan fingerprint density at radius 3 is 2.58 bits per heavy atom. The minimum absolute atomic E-state index is 0.0464. The number of para-hydroxylation sites is 1. The Morgan fingerprint density at radius 2 is 1.85 bits per heavy atom. The number of hydrogen-bond donors (Lipinski definition) is 1. The molecule has 0 bridgehead atoms. The summed E-state index contributed by atoms with van der Waals surface area (Å²) in [5.74, 6) is 1.46. The summed E-state index contributed by atoms with van der Waals surface area (Å²) in [5.41, 5.74) is 3.35. The van der Waals surface area contributed by atoms with Crippen molar-refractivity contribution in [3.63, 3.8) is 0 Å². The number of fused-ring (bicyclic) bond motifs is 1. The summed E-state index contributed by atoms with van der Waals surface area (Å²) in [5, 5.41) is 0.